The molecule has 0 fully saturated rings. The number of rotatable bonds is 7. The first-order chi connectivity index (χ1) is 7.84. The first-order valence-corrected chi connectivity index (χ1v) is 6.13. The molecular formula is C12H24N2O3. The second-order valence-corrected chi connectivity index (χ2v) is 4.62. The molecule has 0 aliphatic heterocycles. The summed E-state index contributed by atoms with van der Waals surface area (Å²) in [5.41, 5.74) is 5.76. The highest BCUT2D eigenvalue weighted by Crippen LogP contribution is 2.10. The highest BCUT2D eigenvalue weighted by molar-refractivity contribution is 5.87. The van der Waals surface area contributed by atoms with Gasteiger partial charge in [-0.05, 0) is 11.8 Å². The summed E-state index contributed by atoms with van der Waals surface area (Å²) in [6.45, 7) is 7.51. The van der Waals surface area contributed by atoms with Gasteiger partial charge in [0, 0.05) is 0 Å². The van der Waals surface area contributed by atoms with Gasteiger partial charge in [0.15, 0.2) is 0 Å². The van der Waals surface area contributed by atoms with E-state index in [0.717, 1.165) is 6.42 Å². The maximum atomic E-state index is 11.8. The second kappa shape index (κ2) is 7.27. The van der Waals surface area contributed by atoms with Crippen LogP contribution in [0, 0.1) is 11.8 Å². The van der Waals surface area contributed by atoms with Crippen molar-refractivity contribution in [2.24, 2.45) is 17.6 Å². The summed E-state index contributed by atoms with van der Waals surface area (Å²) in [5.74, 6) is -1.46. The fourth-order valence-corrected chi connectivity index (χ4v) is 1.44. The van der Waals surface area contributed by atoms with Gasteiger partial charge in [0.05, 0.1) is 6.04 Å². The van der Waals surface area contributed by atoms with Crippen LogP contribution in [0.4, 0.5) is 0 Å². The van der Waals surface area contributed by atoms with Crippen molar-refractivity contribution in [2.75, 3.05) is 0 Å². The zero-order valence-corrected chi connectivity index (χ0v) is 11.1. The van der Waals surface area contributed by atoms with Gasteiger partial charge in [-0.25, -0.2) is 4.79 Å². The van der Waals surface area contributed by atoms with E-state index in [9.17, 15) is 9.59 Å². The lowest BCUT2D eigenvalue weighted by atomic mass is 9.96. The number of carbonyl (C=O) groups excluding carboxylic acids is 1. The van der Waals surface area contributed by atoms with Crippen LogP contribution in [0.5, 0.6) is 0 Å². The Kier molecular flexibility index (Phi) is 6.80. The normalized spacial score (nSPS) is 17.9. The van der Waals surface area contributed by atoms with Gasteiger partial charge < -0.3 is 16.2 Å². The van der Waals surface area contributed by atoms with Crippen molar-refractivity contribution in [3.8, 4) is 0 Å². The number of hydrogen-bond acceptors (Lipinski definition) is 3. The molecule has 1 amide bonds. The monoisotopic (exact) mass is 244 g/mol. The molecule has 0 aliphatic carbocycles. The number of amides is 1. The molecule has 0 rings (SSSR count). The summed E-state index contributed by atoms with van der Waals surface area (Å²) in [4.78, 5) is 22.8. The van der Waals surface area contributed by atoms with Gasteiger partial charge in [0.25, 0.3) is 0 Å². The molecule has 17 heavy (non-hydrogen) atoms. The van der Waals surface area contributed by atoms with E-state index in [1.54, 1.807) is 6.92 Å². The summed E-state index contributed by atoms with van der Waals surface area (Å²) in [6.07, 6.45) is 1.48. The van der Waals surface area contributed by atoms with Crippen LogP contribution in [-0.2, 0) is 9.59 Å². The Morgan fingerprint density at radius 1 is 1.18 bits per heavy atom. The molecule has 0 aromatic heterocycles. The number of hydrogen-bond donors (Lipinski definition) is 3. The van der Waals surface area contributed by atoms with Gasteiger partial charge in [-0.15, -0.1) is 0 Å². The van der Waals surface area contributed by atoms with Gasteiger partial charge in [-0.2, -0.15) is 0 Å². The molecule has 100 valence electrons. The topological polar surface area (TPSA) is 92.4 Å². The first-order valence-electron chi connectivity index (χ1n) is 6.13. The molecule has 2 unspecified atom stereocenters. The number of carboxylic acid groups (broad SMARTS) is 1. The molecular weight excluding hydrogens is 220 g/mol. The minimum atomic E-state index is -1.01. The molecule has 0 saturated heterocycles. The first kappa shape index (κ1) is 15.9. The van der Waals surface area contributed by atoms with Crippen molar-refractivity contribution in [1.82, 2.24) is 5.32 Å². The van der Waals surface area contributed by atoms with Crippen molar-refractivity contribution >= 4 is 11.9 Å². The maximum Gasteiger partial charge on any atom is 0.326 e. The average Bonchev–Trinajstić information content (AvgIpc) is 2.32. The van der Waals surface area contributed by atoms with E-state index in [1.807, 2.05) is 20.8 Å². The fraction of sp³-hybridized carbons (Fsp3) is 0.833. The van der Waals surface area contributed by atoms with Crippen molar-refractivity contribution in [1.29, 1.82) is 0 Å². The third-order valence-corrected chi connectivity index (χ3v) is 3.34. The van der Waals surface area contributed by atoms with Crippen LogP contribution in [0.1, 0.15) is 40.5 Å². The third-order valence-electron chi connectivity index (χ3n) is 3.34. The number of carbonyl (C=O) groups is 2. The van der Waals surface area contributed by atoms with E-state index < -0.39 is 18.1 Å². The number of carboxylic acids is 1. The summed E-state index contributed by atoms with van der Waals surface area (Å²) in [6, 6.07) is -1.51. The summed E-state index contributed by atoms with van der Waals surface area (Å²) in [5, 5.41) is 11.6. The number of nitrogens with one attached hydrogen (secondary N) is 1. The predicted octanol–water partition coefficient (Wildman–Crippen LogP) is 0.975. The van der Waals surface area contributed by atoms with Gasteiger partial charge in [-0.1, -0.05) is 40.5 Å². The van der Waals surface area contributed by atoms with Crippen LogP contribution in [0.3, 0.4) is 0 Å². The van der Waals surface area contributed by atoms with E-state index in [4.69, 9.17) is 10.8 Å². The number of nitrogens with two attached hydrogens (primary N) is 1. The van der Waals surface area contributed by atoms with Crippen LogP contribution in [0.25, 0.3) is 0 Å². The summed E-state index contributed by atoms with van der Waals surface area (Å²) >= 11 is 0. The molecule has 0 aliphatic rings. The third kappa shape index (κ3) is 4.73. The largest absolute Gasteiger partial charge is 0.480 e. The highest BCUT2D eigenvalue weighted by atomic mass is 16.4. The fourth-order valence-electron chi connectivity index (χ4n) is 1.44. The van der Waals surface area contributed by atoms with Crippen molar-refractivity contribution in [3.05, 3.63) is 0 Å². The van der Waals surface area contributed by atoms with Crippen molar-refractivity contribution < 1.29 is 14.7 Å². The molecule has 0 aromatic carbocycles. The quantitative estimate of drug-likeness (QED) is 0.622. The van der Waals surface area contributed by atoms with Crippen LogP contribution in [0.15, 0.2) is 0 Å². The Bertz CT molecular complexity index is 268. The molecule has 5 nitrogen and oxygen atoms in total. The Morgan fingerprint density at radius 2 is 1.65 bits per heavy atom. The molecule has 0 spiro atoms. The Hall–Kier alpha value is -1.10. The second-order valence-electron chi connectivity index (χ2n) is 4.62. The van der Waals surface area contributed by atoms with Crippen LogP contribution >= 0.6 is 0 Å². The smallest absolute Gasteiger partial charge is 0.326 e. The summed E-state index contributed by atoms with van der Waals surface area (Å²) < 4.78 is 0. The van der Waals surface area contributed by atoms with Gasteiger partial charge in [0.2, 0.25) is 5.91 Å². The SMILES string of the molecule is CCC(C)[C@H](N)C(=O)N[C@H](C(=O)O)C(C)CC. The average molecular weight is 244 g/mol. The zero-order valence-electron chi connectivity index (χ0n) is 11.1. The van der Waals surface area contributed by atoms with Crippen LogP contribution in [0.2, 0.25) is 0 Å². The van der Waals surface area contributed by atoms with Crippen LogP contribution < -0.4 is 11.1 Å². The minimum absolute atomic E-state index is 0.0429. The molecule has 0 bridgehead atoms. The molecule has 0 aromatic rings. The van der Waals surface area contributed by atoms with Crippen molar-refractivity contribution in [3.63, 3.8) is 0 Å². The summed E-state index contributed by atoms with van der Waals surface area (Å²) in [7, 11) is 0. The van der Waals surface area contributed by atoms with E-state index in [0.29, 0.717) is 6.42 Å². The molecule has 4 N–H and O–H groups in total. The van der Waals surface area contributed by atoms with E-state index in [2.05, 4.69) is 5.32 Å². The van der Waals surface area contributed by atoms with Gasteiger partial charge >= 0.3 is 5.97 Å². The number of aliphatic carboxylic acids is 1. The van der Waals surface area contributed by atoms with E-state index >= 15 is 0 Å². The predicted molar refractivity (Wildman–Crippen MR) is 66.5 cm³/mol. The minimum Gasteiger partial charge on any atom is -0.480 e. The maximum absolute atomic E-state index is 11.8. The highest BCUT2D eigenvalue weighted by Gasteiger charge is 2.28. The molecule has 4 atom stereocenters. The Morgan fingerprint density at radius 3 is 2.00 bits per heavy atom. The molecule has 0 saturated carbocycles. The van der Waals surface area contributed by atoms with E-state index in [1.165, 1.54) is 0 Å². The molecule has 0 heterocycles. The van der Waals surface area contributed by atoms with E-state index in [-0.39, 0.29) is 17.7 Å². The lowest BCUT2D eigenvalue weighted by Gasteiger charge is -2.24. The lowest BCUT2D eigenvalue weighted by Crippen LogP contribution is -2.52. The lowest BCUT2D eigenvalue weighted by molar-refractivity contribution is -0.143. The Balaban J connectivity index is 4.56. The van der Waals surface area contributed by atoms with Crippen LogP contribution in [-0.4, -0.2) is 29.1 Å². The molecule has 5 heteroatoms. The zero-order chi connectivity index (χ0) is 13.6. The van der Waals surface area contributed by atoms with Gasteiger partial charge in [0.1, 0.15) is 6.04 Å². The molecule has 0 radical (unpaired) electrons. The standard InChI is InChI=1S/C12H24N2O3/c1-5-7(3)9(13)11(15)14-10(12(16)17)8(4)6-2/h7-10H,5-6,13H2,1-4H3,(H,14,15)(H,16,17)/t7?,8?,9-,10-/m0/s1. The van der Waals surface area contributed by atoms with Gasteiger partial charge in [-0.3, -0.25) is 4.79 Å². The van der Waals surface area contributed by atoms with Crippen molar-refractivity contribution in [2.45, 2.75) is 52.6 Å². The Labute approximate surface area is 103 Å².